The summed E-state index contributed by atoms with van der Waals surface area (Å²) in [4.78, 5) is 13.8. The molecule has 0 bridgehead atoms. The number of pyridine rings is 3. The predicted octanol–water partition coefficient (Wildman–Crippen LogP) is 20.4. The van der Waals surface area contributed by atoms with E-state index < -0.39 is 17.0 Å². The molecular weight excluding hydrogens is 1740 g/mol. The highest BCUT2D eigenvalue weighted by Gasteiger charge is 2.72. The van der Waals surface area contributed by atoms with Crippen molar-refractivity contribution in [3.05, 3.63) is 454 Å². The first-order valence-electron chi connectivity index (χ1n) is 48.2. The van der Waals surface area contributed by atoms with Crippen LogP contribution in [0.25, 0.3) is 233 Å². The van der Waals surface area contributed by atoms with Crippen LogP contribution < -0.4 is 27.7 Å². The van der Waals surface area contributed by atoms with Gasteiger partial charge in [-0.2, -0.15) is 27.4 Å². The molecule has 0 N–H and O–H groups in total. The molecule has 141 heavy (non-hydrogen) atoms. The molecular formula is C120H69N21+6. The number of rotatable bonds is 3. The van der Waals surface area contributed by atoms with Crippen LogP contribution in [0.5, 0.6) is 0 Å². The van der Waals surface area contributed by atoms with Gasteiger partial charge in [-0.05, 0) is 212 Å². The lowest BCUT2D eigenvalue weighted by molar-refractivity contribution is -0.993. The van der Waals surface area contributed by atoms with Gasteiger partial charge in [0, 0.05) is 97.1 Å². The highest BCUT2D eigenvalue weighted by atomic mass is 15.6. The Morgan fingerprint density at radius 1 is 0.213 bits per heavy atom. The van der Waals surface area contributed by atoms with Crippen LogP contribution >= 0.6 is 0 Å². The quantitative estimate of drug-likeness (QED) is 0.164. The molecule has 0 amide bonds. The van der Waals surface area contributed by atoms with E-state index in [0.29, 0.717) is 0 Å². The summed E-state index contributed by atoms with van der Waals surface area (Å²) in [5, 5.41) is 15.2. The molecule has 3 spiro atoms. The van der Waals surface area contributed by atoms with Crippen molar-refractivity contribution < 1.29 is 27.7 Å². The highest BCUT2D eigenvalue weighted by molar-refractivity contribution is 6.19. The first-order valence-corrected chi connectivity index (χ1v) is 48.2. The first kappa shape index (κ1) is 71.2. The van der Waals surface area contributed by atoms with Gasteiger partial charge >= 0.3 is 28.3 Å². The molecule has 21 nitrogen and oxygen atoms in total. The first-order chi connectivity index (χ1) is 70.0. The molecule has 21 heteroatoms. The van der Waals surface area contributed by atoms with Gasteiger partial charge in [0.05, 0.1) is 132 Å². The van der Waals surface area contributed by atoms with Crippen LogP contribution in [0.3, 0.4) is 0 Å². The maximum atomic E-state index is 4.61. The van der Waals surface area contributed by atoms with Gasteiger partial charge in [-0.3, -0.25) is 0 Å². The van der Waals surface area contributed by atoms with E-state index in [0.717, 1.165) is 56.5 Å². The van der Waals surface area contributed by atoms with E-state index in [1.54, 1.807) is 0 Å². The Balaban J connectivity index is 0.0000000877. The average molecular weight is 1810 g/mol. The molecule has 3 unspecified atom stereocenters. The fraction of sp³-hybridized carbons (Fsp3) is 0.0250. The number of aromatic nitrogens is 21. The summed E-state index contributed by atoms with van der Waals surface area (Å²) < 4.78 is 43.9. The van der Waals surface area contributed by atoms with Crippen LogP contribution in [0.4, 0.5) is 0 Å². The van der Waals surface area contributed by atoms with Crippen molar-refractivity contribution in [3.8, 4) is 85.1 Å². The maximum Gasteiger partial charge on any atom is 0.394 e. The van der Waals surface area contributed by atoms with E-state index in [1.807, 2.05) is 36.8 Å². The normalized spacial score (nSPS) is 16.6. The van der Waals surface area contributed by atoms with Crippen LogP contribution in [0.1, 0.15) is 33.4 Å². The smallest absolute Gasteiger partial charge is 0.307 e. The largest absolute Gasteiger partial charge is 0.394 e. The van der Waals surface area contributed by atoms with E-state index in [4.69, 9.17) is 0 Å². The third-order valence-electron chi connectivity index (χ3n) is 33.1. The molecule has 3 atom stereocenters. The third kappa shape index (κ3) is 7.69. The predicted molar refractivity (Wildman–Crippen MR) is 542 cm³/mol. The molecule has 0 saturated heterocycles. The summed E-state index contributed by atoms with van der Waals surface area (Å²) in [5.74, 6) is 1.15. The van der Waals surface area contributed by atoms with Crippen LogP contribution in [0, 0.1) is 0 Å². The topological polar surface area (TPSA) is 120 Å². The third-order valence-corrected chi connectivity index (χ3v) is 33.1. The Hall–Kier alpha value is -19.4. The number of benzene rings is 12. The van der Waals surface area contributed by atoms with Gasteiger partial charge in [0.15, 0.2) is 16.9 Å². The fourth-order valence-electron chi connectivity index (χ4n) is 28.2. The number of nitrogens with zero attached hydrogens (tertiary/aromatic N) is 21. The second-order valence-electron chi connectivity index (χ2n) is 39.0. The van der Waals surface area contributed by atoms with E-state index in [-0.39, 0.29) is 0 Å². The van der Waals surface area contributed by atoms with Gasteiger partial charge < -0.3 is 26.9 Å². The number of para-hydroxylation sites is 6. The van der Waals surface area contributed by atoms with Crippen molar-refractivity contribution in [3.63, 3.8) is 0 Å². The lowest BCUT2D eigenvalue weighted by Crippen LogP contribution is -2.76. The molecule has 0 radical (unpaired) electrons. The standard InChI is InChI=1S/3C40H23N7/c1-3-11-30-25(8-1)27-15-16-32-37-38(27)46(30)33-13-5-14-34-36(33)40(37,43-21-6-10-28-26-9-2-4-12-31(26)47(34)39(28)43)45-23-24(22-44(32)45)29-17-18-35-41-19-7-20-42(29)35;1-3-11-30-25(8-1)27-15-16-34-37-38(27)46(30)33-14-5-13-32-36(33)40(37,43-21-6-10-28-26-9-2-4-12-31(26)47(34)39(28)43)45-23-24(22-44(32)45)29-17-18-35-41-19-7-20-42(29)35;1-3-10-30-25(8-1)27-13-15-32-36-38(27)46(30)33-16-14-28-26-9-2-4-11-31(26)47-35-12-5-6-21-43(35)40(36,37(33)39(28)47)45-23-24(22-44(32)45)29-17-18-34-41-19-7-20-42(29)34/h3*1-23H/q3*+2. The van der Waals surface area contributed by atoms with Crippen LogP contribution in [0.15, 0.2) is 421 Å². The highest BCUT2D eigenvalue weighted by Crippen LogP contribution is 2.60. The van der Waals surface area contributed by atoms with Crippen LogP contribution in [-0.4, -0.2) is 69.6 Å². The summed E-state index contributed by atoms with van der Waals surface area (Å²) in [6.45, 7) is 0. The average Bonchev–Trinajstić information content (AvgIpc) is 1.48. The molecule has 0 aliphatic carbocycles. The van der Waals surface area contributed by atoms with Crippen molar-refractivity contribution >= 4 is 148 Å². The van der Waals surface area contributed by atoms with Crippen LogP contribution in [0.2, 0.25) is 0 Å². The molecule has 12 aromatic carbocycles. The van der Waals surface area contributed by atoms with E-state index in [2.05, 4.69) is 481 Å². The molecule has 39 rings (SSSR count). The summed E-state index contributed by atoms with van der Waals surface area (Å²) in [5.41, 5.74) is 39.9. The zero-order valence-electron chi connectivity index (χ0n) is 74.7. The lowest BCUT2D eigenvalue weighted by Gasteiger charge is -2.33. The summed E-state index contributed by atoms with van der Waals surface area (Å²) in [6.07, 6.45) is 32.7. The molecule has 18 aromatic heterocycles. The van der Waals surface area contributed by atoms with Crippen molar-refractivity contribution in [1.82, 2.24) is 69.6 Å². The minimum absolute atomic E-state index is 0.668. The van der Waals surface area contributed by atoms with Gasteiger partial charge in [-0.25, -0.2) is 15.0 Å². The second kappa shape index (κ2) is 23.9. The lowest BCUT2D eigenvalue weighted by atomic mass is 9.82. The minimum Gasteiger partial charge on any atom is -0.307 e. The van der Waals surface area contributed by atoms with Gasteiger partial charge in [0.2, 0.25) is 18.6 Å². The Bertz CT molecular complexity index is 11100. The van der Waals surface area contributed by atoms with Crippen LogP contribution in [-0.2, 0) is 17.0 Å². The SMILES string of the molecule is c1cc2c3c(c1)-n1c4ccccc4c4ccc[n+](c41)C31c3c(ccc4c5ccccc5n-2c34)-n2cc(-c3ccc4ncccn34)c[n+]21.c1cc2c3c(c1)-n1cc(-c4ccc5ncccn45)c[n+]1C31c3c(ccc4c5ccccc5n-2c34)-n2c3ccccc3c3ccc[n+]1c32.c1cc[n+]2c(c1)-n1c3ccccc3c3ccc4c(c31)C21c2c(ccc3c5ccccc5n-4c23)-n2cc(-c3ccc4ncccn34)c[n+]21. The second-order valence-corrected chi connectivity index (χ2v) is 39.0. The van der Waals surface area contributed by atoms with E-state index in [9.17, 15) is 0 Å². The number of hydrogen-bond acceptors (Lipinski definition) is 3. The molecule has 0 fully saturated rings. The summed E-state index contributed by atoms with van der Waals surface area (Å²) >= 11 is 0. The van der Waals surface area contributed by atoms with Gasteiger partial charge in [-0.1, -0.05) is 123 Å². The summed E-state index contributed by atoms with van der Waals surface area (Å²) in [7, 11) is 0. The molecule has 30 aromatic rings. The van der Waals surface area contributed by atoms with Crippen molar-refractivity contribution in [2.24, 2.45) is 0 Å². The Labute approximate surface area is 796 Å². The Kier molecular flexibility index (Phi) is 12.1. The van der Waals surface area contributed by atoms with Crippen molar-refractivity contribution in [2.75, 3.05) is 0 Å². The number of fused-ring (bicyclic) bond motifs is 34. The van der Waals surface area contributed by atoms with Crippen molar-refractivity contribution in [2.45, 2.75) is 17.0 Å². The molecule has 0 saturated carbocycles. The fourth-order valence-corrected chi connectivity index (χ4v) is 28.2. The van der Waals surface area contributed by atoms with Gasteiger partial charge in [0.1, 0.15) is 83.9 Å². The van der Waals surface area contributed by atoms with Gasteiger partial charge in [0.25, 0.3) is 5.82 Å². The zero-order valence-corrected chi connectivity index (χ0v) is 74.7. The monoisotopic (exact) mass is 1800 g/mol. The Morgan fingerprint density at radius 2 is 0.511 bits per heavy atom. The van der Waals surface area contributed by atoms with Crippen molar-refractivity contribution in [1.29, 1.82) is 0 Å². The molecule has 9 aliphatic heterocycles. The number of hydrogen-bond donors (Lipinski definition) is 0. The van der Waals surface area contributed by atoms with E-state index >= 15 is 0 Å². The van der Waals surface area contributed by atoms with E-state index in [1.165, 1.54) is 210 Å². The van der Waals surface area contributed by atoms with Gasteiger partial charge in [-0.15, -0.1) is 14.0 Å². The maximum absolute atomic E-state index is 4.61. The molecule has 9 aliphatic rings. The minimum atomic E-state index is -0.668. The summed E-state index contributed by atoms with van der Waals surface area (Å²) in [6, 6.07) is 120. The zero-order chi connectivity index (χ0) is 90.5. The Morgan fingerprint density at radius 3 is 0.929 bits per heavy atom. The molecule has 648 valence electrons. The molecule has 27 heterocycles.